The first kappa shape index (κ1) is 16.3. The minimum absolute atomic E-state index is 0.206. The number of hydrogen-bond donors (Lipinski definition) is 4. The Balaban J connectivity index is 0. The summed E-state index contributed by atoms with van der Waals surface area (Å²) in [6.45, 7) is 4.13. The van der Waals surface area contributed by atoms with Crippen LogP contribution in [-0.4, -0.2) is 37.1 Å². The number of nitrogens with two attached hydrogens (primary N) is 1. The van der Waals surface area contributed by atoms with E-state index in [0.29, 0.717) is 0 Å². The Hall–Kier alpha value is -1.15. The van der Waals surface area contributed by atoms with Crippen LogP contribution in [0.5, 0.6) is 0 Å². The van der Waals surface area contributed by atoms with Gasteiger partial charge >= 0.3 is 0 Å². The van der Waals surface area contributed by atoms with Crippen molar-refractivity contribution >= 4 is 21.8 Å². The summed E-state index contributed by atoms with van der Waals surface area (Å²) in [5.41, 5.74) is 4.14. The van der Waals surface area contributed by atoms with Gasteiger partial charge in [0, 0.05) is 6.92 Å². The molecule has 90 valence electrons. The van der Waals surface area contributed by atoms with Gasteiger partial charge in [-0.05, 0) is 13.8 Å². The van der Waals surface area contributed by atoms with E-state index in [1.807, 2.05) is 0 Å². The molecule has 0 unspecified atom stereocenters. The molecule has 0 saturated heterocycles. The monoisotopic (exact) mass is 239 g/mol. The number of carbonyl (C=O) groups is 1. The molecule has 0 fully saturated rings. The fourth-order valence-corrected chi connectivity index (χ4v) is 1.56. The van der Waals surface area contributed by atoms with Gasteiger partial charge in [0.15, 0.2) is 0 Å². The van der Waals surface area contributed by atoms with E-state index < -0.39 is 21.5 Å². The van der Waals surface area contributed by atoms with Crippen molar-refractivity contribution in [3.8, 4) is 0 Å². The molecule has 0 rings (SSSR count). The summed E-state index contributed by atoms with van der Waals surface area (Å²) in [6, 6.07) is 0. The van der Waals surface area contributed by atoms with E-state index in [2.05, 4.69) is 4.72 Å². The van der Waals surface area contributed by atoms with Gasteiger partial charge in [0.2, 0.25) is 10.0 Å². The summed E-state index contributed by atoms with van der Waals surface area (Å²) in [5.74, 6) is -1.04. The van der Waals surface area contributed by atoms with Crippen LogP contribution in [0.15, 0.2) is 0 Å². The number of nitrogens with one attached hydrogen (secondary N) is 2. The van der Waals surface area contributed by atoms with Crippen LogP contribution in [0, 0.1) is 5.41 Å². The smallest absolute Gasteiger partial charge is 0.300 e. The largest absolute Gasteiger partial charge is 0.481 e. The van der Waals surface area contributed by atoms with Gasteiger partial charge in [-0.25, -0.2) is 13.1 Å². The van der Waals surface area contributed by atoms with E-state index in [1.165, 1.54) is 13.8 Å². The molecule has 0 aliphatic carbocycles. The molecular weight excluding hydrogens is 222 g/mol. The number of hydrogen-bond acceptors (Lipinski definition) is 4. The number of sulfonamides is 1. The normalized spacial score (nSPS) is 11.2. The second kappa shape index (κ2) is 5.66. The van der Waals surface area contributed by atoms with Crippen LogP contribution >= 0.6 is 0 Å². The molecule has 8 heteroatoms. The molecule has 0 aromatic rings. The van der Waals surface area contributed by atoms with Gasteiger partial charge in [-0.3, -0.25) is 10.2 Å². The van der Waals surface area contributed by atoms with Gasteiger partial charge in [-0.2, -0.15) is 0 Å². The molecule has 0 bridgehead atoms. The Morgan fingerprint density at radius 1 is 1.47 bits per heavy atom. The molecule has 7 nitrogen and oxygen atoms in total. The van der Waals surface area contributed by atoms with Gasteiger partial charge in [-0.15, -0.1) is 0 Å². The van der Waals surface area contributed by atoms with Gasteiger partial charge < -0.3 is 10.8 Å². The molecule has 0 aromatic carbocycles. The number of amidine groups is 1. The lowest BCUT2D eigenvalue weighted by Gasteiger charge is -2.22. The predicted molar refractivity (Wildman–Crippen MR) is 57.3 cm³/mol. The van der Waals surface area contributed by atoms with Crippen LogP contribution in [0.3, 0.4) is 0 Å². The highest BCUT2D eigenvalue weighted by Crippen LogP contribution is 2.01. The minimum atomic E-state index is -3.30. The maximum absolute atomic E-state index is 10.7. The zero-order valence-corrected chi connectivity index (χ0v) is 9.97. The number of rotatable bonds is 3. The van der Waals surface area contributed by atoms with Gasteiger partial charge in [0.1, 0.15) is 5.84 Å². The van der Waals surface area contributed by atoms with Crippen molar-refractivity contribution in [1.82, 2.24) is 4.72 Å². The quantitative estimate of drug-likeness (QED) is 0.383. The Morgan fingerprint density at radius 2 is 1.73 bits per heavy atom. The van der Waals surface area contributed by atoms with Crippen LogP contribution in [0.4, 0.5) is 0 Å². The molecule has 0 radical (unpaired) electrons. The molecule has 5 N–H and O–H groups in total. The first-order valence-electron chi connectivity index (χ1n) is 3.91. The first-order valence-corrected chi connectivity index (χ1v) is 5.80. The fourth-order valence-electron chi connectivity index (χ4n) is 0.518. The Morgan fingerprint density at radius 3 is 1.80 bits per heavy atom. The second-order valence-electron chi connectivity index (χ2n) is 3.43. The van der Waals surface area contributed by atoms with E-state index in [1.54, 1.807) is 0 Å². The Labute approximate surface area is 89.2 Å². The topological polar surface area (TPSA) is 133 Å². The van der Waals surface area contributed by atoms with Crippen LogP contribution in [0.1, 0.15) is 20.8 Å². The van der Waals surface area contributed by atoms with Crippen molar-refractivity contribution < 1.29 is 18.3 Å². The number of carboxylic acids is 1. The van der Waals surface area contributed by atoms with Crippen molar-refractivity contribution in [1.29, 1.82) is 5.41 Å². The average molecular weight is 239 g/mol. The molecule has 0 heterocycles. The third kappa shape index (κ3) is 12.8. The highest BCUT2D eigenvalue weighted by atomic mass is 32.2. The van der Waals surface area contributed by atoms with E-state index in [9.17, 15) is 8.42 Å². The minimum Gasteiger partial charge on any atom is -0.481 e. The highest BCUT2D eigenvalue weighted by molar-refractivity contribution is 7.88. The molecule has 0 aliphatic rings. The highest BCUT2D eigenvalue weighted by Gasteiger charge is 2.24. The standard InChI is InChI=1S/C5H13N3O2S.C2H4O2/c1-5(2,4(6)7)8-11(3,9)10;1-2(3)4/h8H,1-3H3,(H3,6,7);1H3,(H,3,4). The molecule has 15 heavy (non-hydrogen) atoms. The molecule has 0 spiro atoms. The third-order valence-electron chi connectivity index (χ3n) is 1.11. The van der Waals surface area contributed by atoms with E-state index in [0.717, 1.165) is 13.2 Å². The lowest BCUT2D eigenvalue weighted by atomic mass is 10.1. The Bertz CT molecular complexity index is 330. The van der Waals surface area contributed by atoms with Crippen LogP contribution in [0.25, 0.3) is 0 Å². The summed E-state index contributed by atoms with van der Waals surface area (Å²) < 4.78 is 23.6. The van der Waals surface area contributed by atoms with Crippen molar-refractivity contribution in [2.24, 2.45) is 5.73 Å². The molecule has 0 amide bonds. The molecule has 0 saturated carbocycles. The average Bonchev–Trinajstić information content (AvgIpc) is 1.78. The van der Waals surface area contributed by atoms with E-state index in [4.69, 9.17) is 21.0 Å². The van der Waals surface area contributed by atoms with Crippen LogP contribution in [-0.2, 0) is 14.8 Å². The maximum Gasteiger partial charge on any atom is 0.300 e. The summed E-state index contributed by atoms with van der Waals surface area (Å²) in [4.78, 5) is 9.00. The van der Waals surface area contributed by atoms with E-state index >= 15 is 0 Å². The fraction of sp³-hybridized carbons (Fsp3) is 0.714. The van der Waals surface area contributed by atoms with Gasteiger partial charge in [0.25, 0.3) is 5.97 Å². The second-order valence-corrected chi connectivity index (χ2v) is 5.18. The summed E-state index contributed by atoms with van der Waals surface area (Å²) in [5, 5.41) is 14.4. The maximum atomic E-state index is 10.7. The summed E-state index contributed by atoms with van der Waals surface area (Å²) in [6.07, 6.45) is 1.03. The summed E-state index contributed by atoms with van der Waals surface area (Å²) >= 11 is 0. The lowest BCUT2D eigenvalue weighted by molar-refractivity contribution is -0.134. The predicted octanol–water partition coefficient (Wildman–Crippen LogP) is -0.659. The Kier molecular flexibility index (Phi) is 6.15. The number of carboxylic acid groups (broad SMARTS) is 1. The van der Waals surface area contributed by atoms with Crippen LogP contribution in [0.2, 0.25) is 0 Å². The zero-order chi connectivity index (χ0) is 12.9. The molecular formula is C7H17N3O4S. The third-order valence-corrected chi connectivity index (χ3v) is 1.99. The molecule has 0 atom stereocenters. The van der Waals surface area contributed by atoms with Crippen molar-refractivity contribution in [2.75, 3.05) is 6.26 Å². The van der Waals surface area contributed by atoms with Crippen molar-refractivity contribution in [2.45, 2.75) is 26.3 Å². The molecule has 0 aromatic heterocycles. The summed E-state index contributed by atoms with van der Waals surface area (Å²) in [7, 11) is -3.30. The van der Waals surface area contributed by atoms with Crippen molar-refractivity contribution in [3.63, 3.8) is 0 Å². The zero-order valence-electron chi connectivity index (χ0n) is 9.16. The van der Waals surface area contributed by atoms with Crippen LogP contribution < -0.4 is 10.5 Å². The first-order chi connectivity index (χ1) is 6.38. The van der Waals surface area contributed by atoms with Gasteiger partial charge in [-0.1, -0.05) is 0 Å². The van der Waals surface area contributed by atoms with E-state index in [-0.39, 0.29) is 5.84 Å². The van der Waals surface area contributed by atoms with Gasteiger partial charge in [0.05, 0.1) is 11.8 Å². The lowest BCUT2D eigenvalue weighted by Crippen LogP contribution is -2.52. The SMILES string of the molecule is CC(=O)O.CC(C)(NS(C)(=O)=O)C(=N)N. The number of aliphatic carboxylic acids is 1. The van der Waals surface area contributed by atoms with Crippen molar-refractivity contribution in [3.05, 3.63) is 0 Å². The molecule has 0 aliphatic heterocycles.